The highest BCUT2D eigenvalue weighted by Gasteiger charge is 2.35. The molecule has 1 aliphatic heterocycles. The number of pyridine rings is 1. The van der Waals surface area contributed by atoms with Crippen LogP contribution in [0.15, 0.2) is 12.1 Å². The molecule has 18 heavy (non-hydrogen) atoms. The first-order chi connectivity index (χ1) is 8.43. The van der Waals surface area contributed by atoms with Crippen molar-refractivity contribution in [2.75, 3.05) is 18.5 Å². The average molecular weight is 271 g/mol. The molecule has 0 spiro atoms. The van der Waals surface area contributed by atoms with Crippen molar-refractivity contribution >= 4 is 23.3 Å². The second-order valence-corrected chi connectivity index (χ2v) is 5.05. The van der Waals surface area contributed by atoms with Gasteiger partial charge in [-0.15, -0.1) is 0 Å². The van der Waals surface area contributed by atoms with E-state index >= 15 is 0 Å². The van der Waals surface area contributed by atoms with Gasteiger partial charge in [-0.2, -0.15) is 0 Å². The third-order valence-corrected chi connectivity index (χ3v) is 3.24. The van der Waals surface area contributed by atoms with Gasteiger partial charge in [-0.05, 0) is 25.5 Å². The predicted octanol–water partition coefficient (Wildman–Crippen LogP) is 0.618. The van der Waals surface area contributed by atoms with Gasteiger partial charge in [0.1, 0.15) is 11.5 Å². The zero-order chi connectivity index (χ0) is 13.3. The molecule has 4 N–H and O–H groups in total. The molecule has 2 rings (SSSR count). The fraction of sp³-hybridized carbons (Fsp3) is 0.455. The van der Waals surface area contributed by atoms with Crippen LogP contribution in [0.1, 0.15) is 23.8 Å². The number of carbonyl (C=O) groups excluding carboxylic acids is 1. The predicted molar refractivity (Wildman–Crippen MR) is 68.2 cm³/mol. The Morgan fingerprint density at radius 2 is 2.39 bits per heavy atom. The fourth-order valence-electron chi connectivity index (χ4n) is 1.94. The molecule has 98 valence electrons. The molecule has 0 aliphatic carbocycles. The van der Waals surface area contributed by atoms with Crippen LogP contribution in [0.25, 0.3) is 0 Å². The normalized spacial score (nSPS) is 23.2. The number of aliphatic hydroxyl groups is 1. The van der Waals surface area contributed by atoms with E-state index in [-0.39, 0.29) is 23.2 Å². The first-order valence-electron chi connectivity index (χ1n) is 5.58. The van der Waals surface area contributed by atoms with Gasteiger partial charge in [0.05, 0.1) is 10.6 Å². The Morgan fingerprint density at radius 3 is 2.94 bits per heavy atom. The molecule has 0 bridgehead atoms. The molecule has 7 heteroatoms. The van der Waals surface area contributed by atoms with Gasteiger partial charge in [0.25, 0.3) is 5.91 Å². The molecule has 0 aromatic carbocycles. The van der Waals surface area contributed by atoms with Crippen molar-refractivity contribution in [2.24, 2.45) is 5.84 Å². The van der Waals surface area contributed by atoms with Crippen molar-refractivity contribution < 1.29 is 9.90 Å². The van der Waals surface area contributed by atoms with E-state index in [4.69, 9.17) is 17.4 Å². The molecule has 1 aliphatic rings. The second-order valence-electron chi connectivity index (χ2n) is 4.64. The van der Waals surface area contributed by atoms with Gasteiger partial charge in [0.2, 0.25) is 0 Å². The number of amides is 1. The Bertz CT molecular complexity index is 478. The number of rotatable bonds is 2. The molecule has 6 nitrogen and oxygen atoms in total. The number of nitrogens with two attached hydrogens (primary N) is 1. The number of halogens is 1. The summed E-state index contributed by atoms with van der Waals surface area (Å²) < 4.78 is 0. The minimum atomic E-state index is -0.841. The number of nitrogen functional groups attached to an aromatic ring is 1. The lowest BCUT2D eigenvalue weighted by atomic mass is 10.1. The fourth-order valence-corrected chi connectivity index (χ4v) is 2.13. The number of β-amino-alcohol motifs (C(OH)–C–C–N with tert-alkyl or cyclic N) is 1. The van der Waals surface area contributed by atoms with Crippen molar-refractivity contribution in [2.45, 2.75) is 18.9 Å². The zero-order valence-electron chi connectivity index (χ0n) is 9.98. The Kier molecular flexibility index (Phi) is 3.43. The summed E-state index contributed by atoms with van der Waals surface area (Å²) in [6.45, 7) is 2.47. The van der Waals surface area contributed by atoms with Gasteiger partial charge >= 0.3 is 0 Å². The third-order valence-electron chi connectivity index (χ3n) is 2.94. The number of anilines is 1. The standard InChI is InChI=1S/C11H15ClN4O2/c1-11(18)4-5-16(6-11)10(17)9-7(12)2-3-8(14-9)15-13/h2-3,18H,4-6,13H2,1H3,(H,14,15). The summed E-state index contributed by atoms with van der Waals surface area (Å²) in [5.74, 6) is 5.32. The van der Waals surface area contributed by atoms with Gasteiger partial charge < -0.3 is 15.4 Å². The van der Waals surface area contributed by atoms with Crippen molar-refractivity contribution in [1.82, 2.24) is 9.88 Å². The van der Waals surface area contributed by atoms with E-state index in [9.17, 15) is 9.90 Å². The Morgan fingerprint density at radius 1 is 1.67 bits per heavy atom. The summed E-state index contributed by atoms with van der Waals surface area (Å²) in [6, 6.07) is 3.14. The number of carbonyl (C=O) groups is 1. The molecule has 1 atom stereocenters. The molecule has 1 fully saturated rings. The number of hydrazine groups is 1. The largest absolute Gasteiger partial charge is 0.388 e. The summed E-state index contributed by atoms with van der Waals surface area (Å²) in [4.78, 5) is 17.8. The molecule has 1 aromatic heterocycles. The SMILES string of the molecule is CC1(O)CCN(C(=O)c2nc(NN)ccc2Cl)C1. The van der Waals surface area contributed by atoms with Crippen LogP contribution in [0, 0.1) is 0 Å². The number of aromatic nitrogens is 1. The Balaban J connectivity index is 2.24. The topological polar surface area (TPSA) is 91.5 Å². The summed E-state index contributed by atoms with van der Waals surface area (Å²) >= 11 is 5.96. The average Bonchev–Trinajstić information content (AvgIpc) is 2.69. The lowest BCUT2D eigenvalue weighted by Gasteiger charge is -2.19. The number of hydrogen-bond donors (Lipinski definition) is 3. The third kappa shape index (κ3) is 2.55. The molecule has 0 saturated carbocycles. The van der Waals surface area contributed by atoms with E-state index in [0.717, 1.165) is 0 Å². The molecule has 1 unspecified atom stereocenters. The second kappa shape index (κ2) is 4.72. The maximum absolute atomic E-state index is 12.2. The van der Waals surface area contributed by atoms with Crippen LogP contribution in [-0.4, -0.2) is 39.6 Å². The van der Waals surface area contributed by atoms with Crippen molar-refractivity contribution in [3.63, 3.8) is 0 Å². The first kappa shape index (κ1) is 13.1. The molecule has 2 heterocycles. The van der Waals surface area contributed by atoms with Crippen molar-refractivity contribution in [3.8, 4) is 0 Å². The van der Waals surface area contributed by atoms with Gasteiger partial charge in [-0.1, -0.05) is 11.6 Å². The molecule has 1 saturated heterocycles. The molecular formula is C11H15ClN4O2. The van der Waals surface area contributed by atoms with Crippen molar-refractivity contribution in [3.05, 3.63) is 22.8 Å². The molecule has 1 amide bonds. The Hall–Kier alpha value is -1.37. The highest BCUT2D eigenvalue weighted by Crippen LogP contribution is 2.24. The molecule has 1 aromatic rings. The maximum Gasteiger partial charge on any atom is 0.274 e. The summed E-state index contributed by atoms with van der Waals surface area (Å²) in [7, 11) is 0. The molecule has 0 radical (unpaired) electrons. The van der Waals surface area contributed by atoms with E-state index < -0.39 is 5.60 Å². The zero-order valence-corrected chi connectivity index (χ0v) is 10.7. The van der Waals surface area contributed by atoms with Crippen LogP contribution in [0.2, 0.25) is 5.02 Å². The van der Waals surface area contributed by atoms with Gasteiger partial charge in [-0.3, -0.25) is 4.79 Å². The summed E-state index contributed by atoms with van der Waals surface area (Å²) in [5.41, 5.74) is 1.67. The lowest BCUT2D eigenvalue weighted by molar-refractivity contribution is 0.0569. The van der Waals surface area contributed by atoms with Crippen molar-refractivity contribution in [1.29, 1.82) is 0 Å². The van der Waals surface area contributed by atoms with Crippen LogP contribution < -0.4 is 11.3 Å². The van der Waals surface area contributed by atoms with Crippen LogP contribution in [0.3, 0.4) is 0 Å². The van der Waals surface area contributed by atoms with Crippen LogP contribution >= 0.6 is 11.6 Å². The van der Waals surface area contributed by atoms with E-state index in [1.165, 1.54) is 4.90 Å². The highest BCUT2D eigenvalue weighted by molar-refractivity contribution is 6.33. The van der Waals surface area contributed by atoms with E-state index in [1.54, 1.807) is 19.1 Å². The summed E-state index contributed by atoms with van der Waals surface area (Å²) in [6.07, 6.45) is 0.547. The van der Waals surface area contributed by atoms with Crippen LogP contribution in [0.5, 0.6) is 0 Å². The number of nitrogens with one attached hydrogen (secondary N) is 1. The minimum Gasteiger partial charge on any atom is -0.388 e. The number of hydrogen-bond acceptors (Lipinski definition) is 5. The van der Waals surface area contributed by atoms with Crippen LogP contribution in [0.4, 0.5) is 5.82 Å². The molecular weight excluding hydrogens is 256 g/mol. The van der Waals surface area contributed by atoms with E-state index in [2.05, 4.69) is 10.4 Å². The van der Waals surface area contributed by atoms with Crippen LogP contribution in [-0.2, 0) is 0 Å². The minimum absolute atomic E-state index is 0.143. The number of nitrogens with zero attached hydrogens (tertiary/aromatic N) is 2. The highest BCUT2D eigenvalue weighted by atomic mass is 35.5. The quantitative estimate of drug-likeness (QED) is 0.541. The lowest BCUT2D eigenvalue weighted by Crippen LogP contribution is -2.34. The first-order valence-corrected chi connectivity index (χ1v) is 5.95. The van der Waals surface area contributed by atoms with E-state index in [1.807, 2.05) is 0 Å². The number of likely N-dealkylation sites (tertiary alicyclic amines) is 1. The van der Waals surface area contributed by atoms with Gasteiger partial charge in [-0.25, -0.2) is 10.8 Å². The smallest absolute Gasteiger partial charge is 0.274 e. The Labute approximate surface area is 110 Å². The summed E-state index contributed by atoms with van der Waals surface area (Å²) in [5, 5.41) is 10.1. The maximum atomic E-state index is 12.2. The monoisotopic (exact) mass is 270 g/mol. The van der Waals surface area contributed by atoms with Gasteiger partial charge in [0, 0.05) is 13.1 Å². The van der Waals surface area contributed by atoms with Gasteiger partial charge in [0.15, 0.2) is 0 Å². The van der Waals surface area contributed by atoms with E-state index in [0.29, 0.717) is 18.8 Å².